The lowest BCUT2D eigenvalue weighted by Gasteiger charge is -2.39. The molecule has 0 aromatic carbocycles. The van der Waals surface area contributed by atoms with Gasteiger partial charge >= 0.3 is 6.03 Å². The van der Waals surface area contributed by atoms with Crippen LogP contribution in [0.25, 0.3) is 0 Å². The molecule has 4 rings (SSSR count). The third kappa shape index (κ3) is 4.17. The molecule has 2 bridgehead atoms. The molecular formula is C22H29N5O3. The maximum Gasteiger partial charge on any atom is 0.318 e. The van der Waals surface area contributed by atoms with Crippen molar-refractivity contribution in [3.8, 4) is 17.5 Å². The second-order valence-corrected chi connectivity index (χ2v) is 8.41. The summed E-state index contributed by atoms with van der Waals surface area (Å²) < 4.78 is 12.2. The van der Waals surface area contributed by atoms with E-state index < -0.39 is 0 Å². The minimum absolute atomic E-state index is 0.0205. The van der Waals surface area contributed by atoms with E-state index in [4.69, 9.17) is 9.47 Å². The molecule has 0 radical (unpaired) electrons. The first-order valence-electron chi connectivity index (χ1n) is 10.6. The number of fused-ring (bicyclic) bond motifs is 2. The summed E-state index contributed by atoms with van der Waals surface area (Å²) in [7, 11) is 0. The number of nitrogens with one attached hydrogen (secondary N) is 1. The van der Waals surface area contributed by atoms with Gasteiger partial charge < -0.3 is 19.7 Å². The molecule has 160 valence electrons. The Morgan fingerprint density at radius 3 is 2.50 bits per heavy atom. The zero-order valence-electron chi connectivity index (χ0n) is 18.0. The zero-order chi connectivity index (χ0) is 21.3. The van der Waals surface area contributed by atoms with Crippen LogP contribution < -0.4 is 14.8 Å². The number of piperidine rings is 1. The highest BCUT2D eigenvalue weighted by atomic mass is 16.5. The Labute approximate surface area is 177 Å². The molecule has 0 saturated carbocycles. The van der Waals surface area contributed by atoms with E-state index in [0.717, 1.165) is 36.9 Å². The highest BCUT2D eigenvalue weighted by Gasteiger charge is 2.44. The Kier molecular flexibility index (Phi) is 5.74. The Balaban J connectivity index is 1.45. The van der Waals surface area contributed by atoms with Gasteiger partial charge in [0.05, 0.1) is 11.3 Å². The van der Waals surface area contributed by atoms with Gasteiger partial charge in [0.25, 0.3) is 0 Å². The second-order valence-electron chi connectivity index (χ2n) is 8.41. The summed E-state index contributed by atoms with van der Waals surface area (Å²) in [5.74, 6) is 1.66. The number of urea groups is 1. The van der Waals surface area contributed by atoms with Gasteiger partial charge in [-0.2, -0.15) is 0 Å². The van der Waals surface area contributed by atoms with Crippen molar-refractivity contribution in [3.05, 3.63) is 35.9 Å². The fourth-order valence-electron chi connectivity index (χ4n) is 4.36. The van der Waals surface area contributed by atoms with Crippen molar-refractivity contribution in [1.29, 1.82) is 0 Å². The quantitative estimate of drug-likeness (QED) is 0.805. The smallest absolute Gasteiger partial charge is 0.318 e. The van der Waals surface area contributed by atoms with E-state index in [1.165, 1.54) is 6.33 Å². The predicted molar refractivity (Wildman–Crippen MR) is 112 cm³/mol. The van der Waals surface area contributed by atoms with Crippen LogP contribution in [0.1, 0.15) is 50.8 Å². The van der Waals surface area contributed by atoms with E-state index in [1.54, 1.807) is 6.20 Å². The molecule has 2 aromatic rings. The van der Waals surface area contributed by atoms with E-state index in [1.807, 2.05) is 44.7 Å². The third-order valence-electron chi connectivity index (χ3n) is 5.77. The van der Waals surface area contributed by atoms with Crippen molar-refractivity contribution in [2.24, 2.45) is 0 Å². The lowest BCUT2D eigenvalue weighted by Crippen LogP contribution is -2.53. The molecule has 3 atom stereocenters. The molecule has 2 amide bonds. The van der Waals surface area contributed by atoms with E-state index >= 15 is 0 Å². The molecule has 1 unspecified atom stereocenters. The fourth-order valence-corrected chi connectivity index (χ4v) is 4.36. The summed E-state index contributed by atoms with van der Waals surface area (Å²) in [6, 6.07) is 4.29. The van der Waals surface area contributed by atoms with E-state index in [2.05, 4.69) is 20.3 Å². The standard InChI is InChI=1S/C22H29N5O3/c1-13(2)26-22(28)27-16-7-8-17(27)11-18(10-16)29-20-14(3)21(25-12-24-20)30-19-6-5-9-23-15(19)4/h5-6,9,12-13,16-18H,7-8,10-11H2,1-4H3,(H,26,28)/t16-,17?,18+/m0/s1. The van der Waals surface area contributed by atoms with Crippen LogP contribution in [0.3, 0.4) is 0 Å². The van der Waals surface area contributed by atoms with Gasteiger partial charge in [0.15, 0.2) is 5.75 Å². The number of hydrogen-bond acceptors (Lipinski definition) is 6. The van der Waals surface area contributed by atoms with Crippen LogP contribution in [0.5, 0.6) is 17.5 Å². The van der Waals surface area contributed by atoms with E-state index in [9.17, 15) is 4.79 Å². The van der Waals surface area contributed by atoms with Gasteiger partial charge in [0, 0.05) is 37.2 Å². The summed E-state index contributed by atoms with van der Waals surface area (Å²) >= 11 is 0. The number of pyridine rings is 1. The molecule has 2 fully saturated rings. The molecule has 2 aromatic heterocycles. The summed E-state index contributed by atoms with van der Waals surface area (Å²) in [6.45, 7) is 7.76. The molecule has 8 heteroatoms. The Hall–Kier alpha value is -2.90. The monoisotopic (exact) mass is 411 g/mol. The minimum atomic E-state index is 0.0205. The Bertz CT molecular complexity index is 905. The minimum Gasteiger partial charge on any atom is -0.474 e. The highest BCUT2D eigenvalue weighted by molar-refractivity contribution is 5.75. The summed E-state index contributed by atoms with van der Waals surface area (Å²) in [6.07, 6.45) is 6.87. The lowest BCUT2D eigenvalue weighted by molar-refractivity contribution is 0.0648. The molecule has 2 aliphatic rings. The van der Waals surface area contributed by atoms with Crippen LogP contribution in [0.15, 0.2) is 24.7 Å². The molecule has 2 aliphatic heterocycles. The number of rotatable bonds is 5. The average Bonchev–Trinajstić information content (AvgIpc) is 2.97. The topological polar surface area (TPSA) is 89.5 Å². The van der Waals surface area contributed by atoms with Crippen LogP contribution in [-0.4, -0.2) is 50.1 Å². The van der Waals surface area contributed by atoms with Crippen molar-refractivity contribution in [2.45, 2.75) is 77.6 Å². The maximum atomic E-state index is 12.6. The number of hydrogen-bond donors (Lipinski definition) is 1. The summed E-state index contributed by atoms with van der Waals surface area (Å²) in [5.41, 5.74) is 1.55. The highest BCUT2D eigenvalue weighted by Crippen LogP contribution is 2.38. The Morgan fingerprint density at radius 2 is 1.83 bits per heavy atom. The maximum absolute atomic E-state index is 12.6. The van der Waals surface area contributed by atoms with Crippen molar-refractivity contribution in [2.75, 3.05) is 0 Å². The molecule has 8 nitrogen and oxygen atoms in total. The fraction of sp³-hybridized carbons (Fsp3) is 0.545. The molecule has 1 N–H and O–H groups in total. The van der Waals surface area contributed by atoms with Gasteiger partial charge in [0.2, 0.25) is 11.8 Å². The zero-order valence-corrected chi connectivity index (χ0v) is 18.0. The molecule has 30 heavy (non-hydrogen) atoms. The van der Waals surface area contributed by atoms with Crippen LogP contribution >= 0.6 is 0 Å². The number of carbonyl (C=O) groups is 1. The summed E-state index contributed by atoms with van der Waals surface area (Å²) in [5, 5.41) is 3.03. The van der Waals surface area contributed by atoms with Gasteiger partial charge in [-0.05, 0) is 52.7 Å². The summed E-state index contributed by atoms with van der Waals surface area (Å²) in [4.78, 5) is 27.4. The van der Waals surface area contributed by atoms with E-state index in [-0.39, 0.29) is 30.3 Å². The van der Waals surface area contributed by atoms with Gasteiger partial charge in [-0.15, -0.1) is 0 Å². The van der Waals surface area contributed by atoms with Crippen LogP contribution in [0.4, 0.5) is 4.79 Å². The first kappa shape index (κ1) is 20.4. The molecule has 4 heterocycles. The second kappa shape index (κ2) is 8.45. The van der Waals surface area contributed by atoms with E-state index in [0.29, 0.717) is 17.5 Å². The van der Waals surface area contributed by atoms with Gasteiger partial charge in [0.1, 0.15) is 12.4 Å². The van der Waals surface area contributed by atoms with Crippen LogP contribution in [-0.2, 0) is 0 Å². The van der Waals surface area contributed by atoms with Crippen molar-refractivity contribution < 1.29 is 14.3 Å². The average molecular weight is 412 g/mol. The first-order valence-corrected chi connectivity index (χ1v) is 10.6. The van der Waals surface area contributed by atoms with Crippen LogP contribution in [0, 0.1) is 13.8 Å². The van der Waals surface area contributed by atoms with Gasteiger partial charge in [-0.25, -0.2) is 14.8 Å². The Morgan fingerprint density at radius 1 is 1.13 bits per heavy atom. The number of ether oxygens (including phenoxy) is 2. The van der Waals surface area contributed by atoms with Crippen molar-refractivity contribution >= 4 is 6.03 Å². The van der Waals surface area contributed by atoms with Crippen LogP contribution in [0.2, 0.25) is 0 Å². The molecule has 0 aliphatic carbocycles. The van der Waals surface area contributed by atoms with Crippen molar-refractivity contribution in [1.82, 2.24) is 25.2 Å². The first-order chi connectivity index (χ1) is 14.4. The molecular weight excluding hydrogens is 382 g/mol. The number of aromatic nitrogens is 3. The van der Waals surface area contributed by atoms with Crippen molar-refractivity contribution in [3.63, 3.8) is 0 Å². The number of carbonyl (C=O) groups excluding carboxylic acids is 1. The van der Waals surface area contributed by atoms with Gasteiger partial charge in [-0.1, -0.05) is 0 Å². The molecule has 0 spiro atoms. The number of aryl methyl sites for hydroxylation is 1. The largest absolute Gasteiger partial charge is 0.474 e. The number of nitrogens with zero attached hydrogens (tertiary/aromatic N) is 4. The lowest BCUT2D eigenvalue weighted by atomic mass is 10.00. The SMILES string of the molecule is Cc1ncccc1Oc1ncnc(O[C@H]2CC3CC[C@@H](C2)N3C(=O)NC(C)C)c1C. The predicted octanol–water partition coefficient (Wildman–Crippen LogP) is 3.77. The normalized spacial score (nSPS) is 22.8. The number of amides is 2. The third-order valence-corrected chi connectivity index (χ3v) is 5.77. The van der Waals surface area contributed by atoms with Gasteiger partial charge in [-0.3, -0.25) is 4.98 Å². The molecule has 2 saturated heterocycles.